The highest BCUT2D eigenvalue weighted by atomic mass is 16.3. The van der Waals surface area contributed by atoms with E-state index in [1.165, 1.54) is 18.5 Å². The summed E-state index contributed by atoms with van der Waals surface area (Å²) in [5.41, 5.74) is 3.40. The summed E-state index contributed by atoms with van der Waals surface area (Å²) >= 11 is 0. The molecule has 1 saturated carbocycles. The number of rotatable bonds is 3. The van der Waals surface area contributed by atoms with Crippen LogP contribution < -0.4 is 10.2 Å². The van der Waals surface area contributed by atoms with Crippen LogP contribution in [0.4, 0.5) is 5.69 Å². The van der Waals surface area contributed by atoms with Crippen molar-refractivity contribution in [3.63, 3.8) is 0 Å². The van der Waals surface area contributed by atoms with Gasteiger partial charge in [0.1, 0.15) is 5.76 Å². The van der Waals surface area contributed by atoms with Crippen LogP contribution >= 0.6 is 0 Å². The van der Waals surface area contributed by atoms with Gasteiger partial charge in [-0.05, 0) is 31.0 Å². The standard InChI is InChI=1S/C15H15N3O/c1-2-15(19-7-1)12-9-17-13(11-3-4-11)8-14(12)18-6-5-16-10-18/h1-2,5-9,11,16H,3-4,10H2. The van der Waals surface area contributed by atoms with Crippen LogP contribution in [-0.2, 0) is 0 Å². The van der Waals surface area contributed by atoms with Gasteiger partial charge < -0.3 is 14.6 Å². The highest BCUT2D eigenvalue weighted by Gasteiger charge is 2.27. The number of pyridine rings is 1. The fourth-order valence-corrected chi connectivity index (χ4v) is 2.43. The van der Waals surface area contributed by atoms with E-state index in [2.05, 4.69) is 27.5 Å². The normalized spacial score (nSPS) is 17.8. The summed E-state index contributed by atoms with van der Waals surface area (Å²) in [5.74, 6) is 1.52. The Balaban J connectivity index is 1.82. The van der Waals surface area contributed by atoms with Crippen molar-refractivity contribution in [1.82, 2.24) is 10.3 Å². The topological polar surface area (TPSA) is 41.3 Å². The summed E-state index contributed by atoms with van der Waals surface area (Å²) in [6.45, 7) is 0.793. The molecule has 3 heterocycles. The van der Waals surface area contributed by atoms with Gasteiger partial charge in [-0.25, -0.2) is 0 Å². The second-order valence-electron chi connectivity index (χ2n) is 5.03. The molecule has 2 aromatic heterocycles. The summed E-state index contributed by atoms with van der Waals surface area (Å²) < 4.78 is 5.52. The summed E-state index contributed by atoms with van der Waals surface area (Å²) in [6.07, 6.45) is 10.2. The molecule has 2 aromatic rings. The van der Waals surface area contributed by atoms with Crippen LogP contribution in [0.5, 0.6) is 0 Å². The van der Waals surface area contributed by atoms with Crippen molar-refractivity contribution in [3.8, 4) is 11.3 Å². The fourth-order valence-electron chi connectivity index (χ4n) is 2.43. The SMILES string of the molecule is C1=CN(c2cc(C3CC3)ncc2-c2ccco2)CN1. The predicted molar refractivity (Wildman–Crippen MR) is 73.5 cm³/mol. The second-order valence-corrected chi connectivity index (χ2v) is 5.03. The van der Waals surface area contributed by atoms with E-state index in [0.29, 0.717) is 5.92 Å². The minimum atomic E-state index is 0.656. The third-order valence-corrected chi connectivity index (χ3v) is 3.63. The van der Waals surface area contributed by atoms with Gasteiger partial charge in [-0.1, -0.05) is 0 Å². The van der Waals surface area contributed by atoms with Gasteiger partial charge in [-0.2, -0.15) is 0 Å². The van der Waals surface area contributed by atoms with Gasteiger partial charge in [-0.15, -0.1) is 0 Å². The number of nitrogens with one attached hydrogen (secondary N) is 1. The van der Waals surface area contributed by atoms with Gasteiger partial charge in [-0.3, -0.25) is 4.98 Å². The van der Waals surface area contributed by atoms with Crippen molar-refractivity contribution in [1.29, 1.82) is 0 Å². The average molecular weight is 253 g/mol. The molecule has 0 atom stereocenters. The van der Waals surface area contributed by atoms with Crippen LogP contribution in [0, 0.1) is 0 Å². The lowest BCUT2D eigenvalue weighted by Crippen LogP contribution is -2.20. The highest BCUT2D eigenvalue weighted by Crippen LogP contribution is 2.42. The Kier molecular flexibility index (Phi) is 2.33. The molecule has 0 aromatic carbocycles. The van der Waals surface area contributed by atoms with Gasteiger partial charge in [0.15, 0.2) is 0 Å². The number of anilines is 1. The van der Waals surface area contributed by atoms with Crippen LogP contribution in [0.15, 0.2) is 47.5 Å². The maximum Gasteiger partial charge on any atom is 0.137 e. The molecule has 0 unspecified atom stereocenters. The van der Waals surface area contributed by atoms with Crippen LogP contribution in [-0.4, -0.2) is 11.7 Å². The molecule has 0 amide bonds. The monoisotopic (exact) mass is 253 g/mol. The largest absolute Gasteiger partial charge is 0.464 e. The molecule has 4 nitrogen and oxygen atoms in total. The molecule has 0 bridgehead atoms. The molecule has 0 spiro atoms. The van der Waals surface area contributed by atoms with E-state index in [4.69, 9.17) is 4.42 Å². The third kappa shape index (κ3) is 1.89. The maximum absolute atomic E-state index is 5.52. The maximum atomic E-state index is 5.52. The quantitative estimate of drug-likeness (QED) is 0.912. The Bertz CT molecular complexity index is 614. The van der Waals surface area contributed by atoms with E-state index in [1.54, 1.807) is 6.26 Å². The van der Waals surface area contributed by atoms with E-state index in [-0.39, 0.29) is 0 Å². The highest BCUT2D eigenvalue weighted by molar-refractivity contribution is 5.76. The number of furan rings is 1. The summed E-state index contributed by atoms with van der Waals surface area (Å²) in [4.78, 5) is 6.78. The predicted octanol–water partition coefficient (Wildman–Crippen LogP) is 3.06. The van der Waals surface area contributed by atoms with Gasteiger partial charge in [0.05, 0.1) is 24.2 Å². The van der Waals surface area contributed by atoms with Crippen molar-refractivity contribution in [2.75, 3.05) is 11.6 Å². The van der Waals surface area contributed by atoms with E-state index in [9.17, 15) is 0 Å². The Morgan fingerprint density at radius 1 is 1.37 bits per heavy atom. The third-order valence-electron chi connectivity index (χ3n) is 3.63. The van der Waals surface area contributed by atoms with Crippen molar-refractivity contribution in [2.45, 2.75) is 18.8 Å². The first-order chi connectivity index (χ1) is 9.42. The fraction of sp³-hybridized carbons (Fsp3) is 0.267. The molecule has 1 aliphatic carbocycles. The zero-order chi connectivity index (χ0) is 12.7. The smallest absolute Gasteiger partial charge is 0.137 e. The first kappa shape index (κ1) is 10.7. The second kappa shape index (κ2) is 4.16. The van der Waals surface area contributed by atoms with E-state index >= 15 is 0 Å². The van der Waals surface area contributed by atoms with E-state index in [0.717, 1.165) is 23.7 Å². The van der Waals surface area contributed by atoms with Gasteiger partial charge in [0.25, 0.3) is 0 Å². The number of hydrogen-bond acceptors (Lipinski definition) is 4. The van der Waals surface area contributed by atoms with Crippen LogP contribution in [0.3, 0.4) is 0 Å². The zero-order valence-corrected chi connectivity index (χ0v) is 10.5. The molecule has 19 heavy (non-hydrogen) atoms. The summed E-state index contributed by atoms with van der Waals surface area (Å²) in [6, 6.07) is 6.09. The zero-order valence-electron chi connectivity index (χ0n) is 10.5. The van der Waals surface area contributed by atoms with Crippen LogP contribution in [0.2, 0.25) is 0 Å². The first-order valence-corrected chi connectivity index (χ1v) is 6.62. The molecule has 4 rings (SSSR count). The Labute approximate surface area is 111 Å². The van der Waals surface area contributed by atoms with Gasteiger partial charge in [0, 0.05) is 30.2 Å². The molecule has 2 aliphatic rings. The summed E-state index contributed by atoms with van der Waals surface area (Å²) in [5, 5.41) is 3.20. The molecular weight excluding hydrogens is 238 g/mol. The van der Waals surface area contributed by atoms with Crippen molar-refractivity contribution >= 4 is 5.69 Å². The molecule has 96 valence electrons. The lowest BCUT2D eigenvalue weighted by atomic mass is 10.1. The molecule has 0 saturated heterocycles. The molecule has 0 radical (unpaired) electrons. The van der Waals surface area contributed by atoms with Crippen LogP contribution in [0.1, 0.15) is 24.5 Å². The van der Waals surface area contributed by atoms with Gasteiger partial charge in [0.2, 0.25) is 0 Å². The molecule has 1 aliphatic heterocycles. The van der Waals surface area contributed by atoms with E-state index in [1.807, 2.05) is 24.5 Å². The molecule has 1 N–H and O–H groups in total. The van der Waals surface area contributed by atoms with E-state index < -0.39 is 0 Å². The Morgan fingerprint density at radius 3 is 3.00 bits per heavy atom. The Morgan fingerprint density at radius 2 is 2.32 bits per heavy atom. The Hall–Kier alpha value is -2.23. The number of hydrogen-bond donors (Lipinski definition) is 1. The van der Waals surface area contributed by atoms with Crippen molar-refractivity contribution in [2.24, 2.45) is 0 Å². The van der Waals surface area contributed by atoms with Gasteiger partial charge >= 0.3 is 0 Å². The lowest BCUT2D eigenvalue weighted by Gasteiger charge is -2.19. The minimum Gasteiger partial charge on any atom is -0.464 e. The minimum absolute atomic E-state index is 0.656. The molecule has 4 heteroatoms. The number of nitrogens with zero attached hydrogens (tertiary/aromatic N) is 2. The summed E-state index contributed by atoms with van der Waals surface area (Å²) in [7, 11) is 0. The molecule has 1 fully saturated rings. The molecular formula is C15H15N3O. The first-order valence-electron chi connectivity index (χ1n) is 6.62. The lowest BCUT2D eigenvalue weighted by molar-refractivity contribution is 0.582. The van der Waals surface area contributed by atoms with Crippen molar-refractivity contribution in [3.05, 3.63) is 48.8 Å². The van der Waals surface area contributed by atoms with Crippen LogP contribution in [0.25, 0.3) is 11.3 Å². The van der Waals surface area contributed by atoms with Crippen molar-refractivity contribution < 1.29 is 4.42 Å². The average Bonchev–Trinajstić information content (AvgIpc) is 2.96. The number of aromatic nitrogens is 1.